The highest BCUT2D eigenvalue weighted by atomic mass is 79.9. The van der Waals surface area contributed by atoms with Crippen LogP contribution in [-0.4, -0.2) is 23.5 Å². The second-order valence-corrected chi connectivity index (χ2v) is 6.17. The first kappa shape index (κ1) is 14.4. The number of fused-ring (bicyclic) bond motifs is 1. The molecule has 0 aliphatic heterocycles. The second-order valence-electron chi connectivity index (χ2n) is 4.74. The van der Waals surface area contributed by atoms with Gasteiger partial charge in [-0.25, -0.2) is 4.98 Å². The van der Waals surface area contributed by atoms with Crippen molar-refractivity contribution >= 4 is 38.0 Å². The van der Waals surface area contributed by atoms with E-state index in [0.29, 0.717) is 0 Å². The molecule has 0 saturated carbocycles. The SMILES string of the molecule is COc1ccccc1CN(C)c1nc2sccn2c1CBr. The van der Waals surface area contributed by atoms with Crippen LogP contribution in [0.4, 0.5) is 5.82 Å². The summed E-state index contributed by atoms with van der Waals surface area (Å²) in [4.78, 5) is 7.91. The number of hydrogen-bond acceptors (Lipinski definition) is 4. The van der Waals surface area contributed by atoms with Crippen molar-refractivity contribution in [2.75, 3.05) is 19.1 Å². The standard InChI is InChI=1S/C15H16BrN3OS/c1-18(10-11-5-3-4-6-13(11)20-2)14-12(9-16)19-7-8-21-15(19)17-14/h3-8H,9-10H2,1-2H3. The topological polar surface area (TPSA) is 29.8 Å². The summed E-state index contributed by atoms with van der Waals surface area (Å²) < 4.78 is 7.56. The average Bonchev–Trinajstić information content (AvgIpc) is 3.07. The summed E-state index contributed by atoms with van der Waals surface area (Å²) in [6, 6.07) is 8.09. The van der Waals surface area contributed by atoms with E-state index in [1.807, 2.05) is 18.2 Å². The Kier molecular flexibility index (Phi) is 4.17. The number of hydrogen-bond donors (Lipinski definition) is 0. The lowest BCUT2D eigenvalue weighted by molar-refractivity contribution is 0.409. The Bertz CT molecular complexity index is 752. The van der Waals surface area contributed by atoms with Gasteiger partial charge in [0.15, 0.2) is 10.8 Å². The van der Waals surface area contributed by atoms with E-state index in [1.165, 1.54) is 5.69 Å². The fourth-order valence-corrected chi connectivity index (χ4v) is 3.66. The third-order valence-corrected chi connectivity index (χ3v) is 4.72. The van der Waals surface area contributed by atoms with Crippen LogP contribution >= 0.6 is 27.3 Å². The van der Waals surface area contributed by atoms with E-state index in [0.717, 1.165) is 34.0 Å². The molecule has 0 bridgehead atoms. The van der Waals surface area contributed by atoms with Gasteiger partial charge in [0.25, 0.3) is 0 Å². The fraction of sp³-hybridized carbons (Fsp3) is 0.267. The number of para-hydroxylation sites is 1. The molecular formula is C15H16BrN3OS. The first-order valence-electron chi connectivity index (χ1n) is 6.58. The highest BCUT2D eigenvalue weighted by Gasteiger charge is 2.16. The maximum atomic E-state index is 5.42. The number of aromatic nitrogens is 2. The first-order valence-corrected chi connectivity index (χ1v) is 8.58. The van der Waals surface area contributed by atoms with Gasteiger partial charge in [0.2, 0.25) is 0 Å². The minimum absolute atomic E-state index is 0.759. The molecule has 3 aromatic rings. The van der Waals surface area contributed by atoms with Crippen molar-refractivity contribution in [1.82, 2.24) is 9.38 Å². The molecule has 3 rings (SSSR count). The van der Waals surface area contributed by atoms with Crippen LogP contribution in [0.2, 0.25) is 0 Å². The Hall–Kier alpha value is -1.53. The van der Waals surface area contributed by atoms with Crippen LogP contribution in [0.25, 0.3) is 4.96 Å². The molecule has 21 heavy (non-hydrogen) atoms. The molecule has 0 aliphatic carbocycles. The summed E-state index contributed by atoms with van der Waals surface area (Å²) >= 11 is 5.22. The lowest BCUT2D eigenvalue weighted by Gasteiger charge is -2.19. The molecule has 0 N–H and O–H groups in total. The van der Waals surface area contributed by atoms with Crippen LogP contribution in [0, 0.1) is 0 Å². The molecule has 0 amide bonds. The second kappa shape index (κ2) is 6.07. The number of thiazole rings is 1. The summed E-state index contributed by atoms with van der Waals surface area (Å²) in [7, 11) is 3.76. The van der Waals surface area contributed by atoms with Gasteiger partial charge in [-0.2, -0.15) is 0 Å². The van der Waals surface area contributed by atoms with Gasteiger partial charge in [0.05, 0.1) is 12.8 Å². The molecule has 2 aromatic heterocycles. The van der Waals surface area contributed by atoms with E-state index >= 15 is 0 Å². The van der Waals surface area contributed by atoms with Gasteiger partial charge in [-0.05, 0) is 6.07 Å². The summed E-state index contributed by atoms with van der Waals surface area (Å²) in [6.07, 6.45) is 2.06. The van der Waals surface area contributed by atoms with E-state index < -0.39 is 0 Å². The predicted octanol–water partition coefficient (Wildman–Crippen LogP) is 3.94. The molecule has 0 unspecified atom stereocenters. The van der Waals surface area contributed by atoms with Gasteiger partial charge in [-0.15, -0.1) is 11.3 Å². The molecule has 1 aromatic carbocycles. The molecule has 4 nitrogen and oxygen atoms in total. The maximum Gasteiger partial charge on any atom is 0.195 e. The normalized spacial score (nSPS) is 11.0. The summed E-state index contributed by atoms with van der Waals surface area (Å²) in [6.45, 7) is 0.759. The number of rotatable bonds is 5. The molecule has 0 saturated heterocycles. The molecule has 6 heteroatoms. The van der Waals surface area contributed by atoms with Crippen molar-refractivity contribution in [3.8, 4) is 5.75 Å². The van der Waals surface area contributed by atoms with Crippen LogP contribution < -0.4 is 9.64 Å². The Morgan fingerprint density at radius 3 is 2.95 bits per heavy atom. The number of alkyl halides is 1. The average molecular weight is 366 g/mol. The largest absolute Gasteiger partial charge is 0.496 e. The van der Waals surface area contributed by atoms with Crippen LogP contribution in [0.3, 0.4) is 0 Å². The van der Waals surface area contributed by atoms with E-state index in [9.17, 15) is 0 Å². The van der Waals surface area contributed by atoms with Gasteiger partial charge in [-0.3, -0.25) is 4.40 Å². The third-order valence-electron chi connectivity index (χ3n) is 3.43. The van der Waals surface area contributed by atoms with Crippen molar-refractivity contribution in [1.29, 1.82) is 0 Å². The molecule has 0 aliphatic rings. The van der Waals surface area contributed by atoms with Crippen molar-refractivity contribution in [3.63, 3.8) is 0 Å². The van der Waals surface area contributed by atoms with E-state index in [-0.39, 0.29) is 0 Å². The highest BCUT2D eigenvalue weighted by molar-refractivity contribution is 9.08. The predicted molar refractivity (Wildman–Crippen MR) is 90.8 cm³/mol. The summed E-state index contributed by atoms with van der Waals surface area (Å²) in [5.41, 5.74) is 2.32. The number of halogens is 1. The zero-order valence-corrected chi connectivity index (χ0v) is 14.3. The van der Waals surface area contributed by atoms with Gasteiger partial charge in [-0.1, -0.05) is 34.1 Å². The van der Waals surface area contributed by atoms with Gasteiger partial charge in [0.1, 0.15) is 5.75 Å². The minimum Gasteiger partial charge on any atom is -0.496 e. The maximum absolute atomic E-state index is 5.42. The number of ether oxygens (including phenoxy) is 1. The Labute approximate surface area is 136 Å². The number of methoxy groups -OCH3 is 1. The van der Waals surface area contributed by atoms with E-state index in [1.54, 1.807) is 18.4 Å². The van der Waals surface area contributed by atoms with Crippen LogP contribution in [0.1, 0.15) is 11.3 Å². The number of anilines is 1. The van der Waals surface area contributed by atoms with Crippen LogP contribution in [0.5, 0.6) is 5.75 Å². The van der Waals surface area contributed by atoms with E-state index in [2.05, 4.69) is 49.9 Å². The molecule has 0 radical (unpaired) electrons. The minimum atomic E-state index is 0.759. The quantitative estimate of drug-likeness (QED) is 0.641. The highest BCUT2D eigenvalue weighted by Crippen LogP contribution is 2.28. The van der Waals surface area contributed by atoms with Crippen molar-refractivity contribution < 1.29 is 4.74 Å². The first-order chi connectivity index (χ1) is 10.2. The van der Waals surface area contributed by atoms with E-state index in [4.69, 9.17) is 9.72 Å². The zero-order valence-electron chi connectivity index (χ0n) is 11.9. The van der Waals surface area contributed by atoms with Crippen LogP contribution in [0.15, 0.2) is 35.8 Å². The van der Waals surface area contributed by atoms with Crippen LogP contribution in [-0.2, 0) is 11.9 Å². The Balaban J connectivity index is 1.93. The van der Waals surface area contributed by atoms with Gasteiger partial charge in [0, 0.05) is 36.1 Å². The monoisotopic (exact) mass is 365 g/mol. The third kappa shape index (κ3) is 2.65. The lowest BCUT2D eigenvalue weighted by atomic mass is 10.2. The van der Waals surface area contributed by atoms with Crippen molar-refractivity contribution in [2.24, 2.45) is 0 Å². The number of nitrogens with zero attached hydrogens (tertiary/aromatic N) is 3. The number of benzene rings is 1. The van der Waals surface area contributed by atoms with Gasteiger partial charge < -0.3 is 9.64 Å². The summed E-state index contributed by atoms with van der Waals surface area (Å²) in [5, 5.41) is 2.83. The number of imidazole rings is 1. The lowest BCUT2D eigenvalue weighted by Crippen LogP contribution is -2.18. The Morgan fingerprint density at radius 2 is 2.19 bits per heavy atom. The molecular weight excluding hydrogens is 350 g/mol. The molecule has 0 fully saturated rings. The molecule has 0 spiro atoms. The summed E-state index contributed by atoms with van der Waals surface area (Å²) in [5.74, 6) is 1.91. The molecule has 2 heterocycles. The smallest absolute Gasteiger partial charge is 0.195 e. The molecule has 110 valence electrons. The van der Waals surface area contributed by atoms with Crippen molar-refractivity contribution in [3.05, 3.63) is 47.1 Å². The molecule has 0 atom stereocenters. The Morgan fingerprint density at radius 1 is 1.38 bits per heavy atom. The fourth-order valence-electron chi connectivity index (χ4n) is 2.41. The van der Waals surface area contributed by atoms with Gasteiger partial charge >= 0.3 is 0 Å². The van der Waals surface area contributed by atoms with Crippen molar-refractivity contribution in [2.45, 2.75) is 11.9 Å². The zero-order chi connectivity index (χ0) is 14.8.